The summed E-state index contributed by atoms with van der Waals surface area (Å²) in [6, 6.07) is 21.2. The van der Waals surface area contributed by atoms with Gasteiger partial charge in [0.15, 0.2) is 18.5 Å². The van der Waals surface area contributed by atoms with Gasteiger partial charge in [-0.05, 0) is 56.0 Å². The minimum atomic E-state index is -0.917. The number of benzene rings is 2. The molecule has 258 valence electrons. The van der Waals surface area contributed by atoms with Crippen molar-refractivity contribution < 1.29 is 38.0 Å². The van der Waals surface area contributed by atoms with Crippen LogP contribution < -0.4 is 20.5 Å². The van der Waals surface area contributed by atoms with Gasteiger partial charge >= 0.3 is 12.1 Å². The predicted molar refractivity (Wildman–Crippen MR) is 185 cm³/mol. The van der Waals surface area contributed by atoms with Crippen molar-refractivity contribution in [2.45, 2.75) is 56.9 Å². The molecular formula is C37H38N5O7S+. The zero-order chi connectivity index (χ0) is 35.6. The van der Waals surface area contributed by atoms with Crippen molar-refractivity contribution in [2.24, 2.45) is 5.73 Å². The zero-order valence-corrected chi connectivity index (χ0v) is 28.7. The van der Waals surface area contributed by atoms with Gasteiger partial charge in [0.2, 0.25) is 6.54 Å². The molecule has 4 heterocycles. The van der Waals surface area contributed by atoms with Gasteiger partial charge in [-0.25, -0.2) is 9.59 Å². The second-order valence-electron chi connectivity index (χ2n) is 13.1. The van der Waals surface area contributed by atoms with E-state index in [0.717, 1.165) is 11.1 Å². The van der Waals surface area contributed by atoms with Gasteiger partial charge in [0.1, 0.15) is 28.4 Å². The summed E-state index contributed by atoms with van der Waals surface area (Å²) < 4.78 is 13.2. The maximum Gasteiger partial charge on any atom is 0.408 e. The first-order chi connectivity index (χ1) is 23.9. The number of carbonyl (C=O) groups is 5. The Morgan fingerprint density at radius 3 is 2.30 bits per heavy atom. The van der Waals surface area contributed by atoms with Gasteiger partial charge in [-0.2, -0.15) is 4.57 Å². The second kappa shape index (κ2) is 14.2. The van der Waals surface area contributed by atoms with Crippen LogP contribution in [0, 0.1) is 0 Å². The predicted octanol–water partition coefficient (Wildman–Crippen LogP) is 3.52. The van der Waals surface area contributed by atoms with Crippen molar-refractivity contribution in [3.63, 3.8) is 0 Å². The molecule has 50 heavy (non-hydrogen) atoms. The van der Waals surface area contributed by atoms with Gasteiger partial charge in [0.25, 0.3) is 17.7 Å². The molecule has 13 heteroatoms. The maximum absolute atomic E-state index is 14.3. The van der Waals surface area contributed by atoms with Crippen molar-refractivity contribution in [1.29, 1.82) is 0 Å². The van der Waals surface area contributed by atoms with Gasteiger partial charge in [-0.15, -0.1) is 11.8 Å². The third-order valence-corrected chi connectivity index (χ3v) is 9.56. The fourth-order valence-corrected chi connectivity index (χ4v) is 7.38. The first kappa shape index (κ1) is 34.4. The van der Waals surface area contributed by atoms with Crippen LogP contribution in [0.3, 0.4) is 0 Å². The molecule has 1 aromatic heterocycles. The van der Waals surface area contributed by atoms with E-state index < -0.39 is 47.0 Å². The molecular weight excluding hydrogens is 659 g/mol. The highest BCUT2D eigenvalue weighted by molar-refractivity contribution is 8.00. The van der Waals surface area contributed by atoms with Gasteiger partial charge in [0, 0.05) is 23.9 Å². The van der Waals surface area contributed by atoms with Gasteiger partial charge < -0.3 is 25.4 Å². The lowest BCUT2D eigenvalue weighted by molar-refractivity contribution is -0.683. The molecule has 0 radical (unpaired) electrons. The second-order valence-corrected chi connectivity index (χ2v) is 14.2. The van der Waals surface area contributed by atoms with E-state index >= 15 is 0 Å². The number of β-lactam (4-membered cyclic amide) rings is 1. The number of nitrogens with one attached hydrogen (secondary N) is 1. The summed E-state index contributed by atoms with van der Waals surface area (Å²) in [7, 11) is 0. The number of thioether (sulfide) groups is 1. The Hall–Kier alpha value is -5.43. The van der Waals surface area contributed by atoms with Crippen LogP contribution in [-0.4, -0.2) is 64.0 Å². The summed E-state index contributed by atoms with van der Waals surface area (Å²) in [5, 5.41) is 2.06. The number of nitrogens with two attached hydrogens (primary N) is 1. The topological polar surface area (TPSA) is 152 Å². The molecule has 0 bridgehead atoms. The van der Waals surface area contributed by atoms with Crippen LogP contribution in [0.15, 0.2) is 108 Å². The highest BCUT2D eigenvalue weighted by Crippen LogP contribution is 2.43. The SMILES string of the molecule is CC(C)(C)OC(=O)N[C@@H]1C(=O)N2C(C(=O)OC(c3ccccc3)c3ccccc3)=C(/C=C3\CCN(c4ccc[n+](CC(N)=O)c4)C3=O)CS[C@H]12. The first-order valence-corrected chi connectivity index (χ1v) is 17.2. The molecule has 12 nitrogen and oxygen atoms in total. The number of primary amides is 1. The quantitative estimate of drug-likeness (QED) is 0.149. The highest BCUT2D eigenvalue weighted by Gasteiger charge is 2.55. The number of ether oxygens (including phenoxy) is 2. The van der Waals surface area contributed by atoms with E-state index in [1.807, 2.05) is 60.7 Å². The molecule has 3 aliphatic rings. The number of allylic oxidation sites excluding steroid dienone is 1. The summed E-state index contributed by atoms with van der Waals surface area (Å²) in [5.41, 5.74) is 7.61. The van der Waals surface area contributed by atoms with E-state index in [9.17, 15) is 24.0 Å². The number of aromatic nitrogens is 1. The third-order valence-electron chi connectivity index (χ3n) is 8.26. The Morgan fingerprint density at radius 1 is 1.02 bits per heavy atom. The minimum Gasteiger partial charge on any atom is -0.448 e. The number of pyridine rings is 1. The molecule has 2 fully saturated rings. The number of nitrogens with zero attached hydrogens (tertiary/aromatic N) is 3. The number of hydrogen-bond acceptors (Lipinski definition) is 8. The number of anilines is 1. The van der Waals surface area contributed by atoms with Crippen LogP contribution in [-0.2, 0) is 35.2 Å². The van der Waals surface area contributed by atoms with Gasteiger partial charge in [-0.1, -0.05) is 60.7 Å². The van der Waals surface area contributed by atoms with Gasteiger partial charge in [0.05, 0.1) is 0 Å². The molecule has 0 unspecified atom stereocenters. The summed E-state index contributed by atoms with van der Waals surface area (Å²) in [4.78, 5) is 68.8. The van der Waals surface area contributed by atoms with Crippen molar-refractivity contribution >= 4 is 47.2 Å². The van der Waals surface area contributed by atoms with Crippen molar-refractivity contribution in [2.75, 3.05) is 17.2 Å². The van der Waals surface area contributed by atoms with Crippen molar-refractivity contribution in [1.82, 2.24) is 10.2 Å². The first-order valence-electron chi connectivity index (χ1n) is 16.2. The molecule has 3 aliphatic heterocycles. The van der Waals surface area contributed by atoms with E-state index in [-0.39, 0.29) is 23.9 Å². The number of fused-ring (bicyclic) bond motifs is 1. The van der Waals surface area contributed by atoms with E-state index in [0.29, 0.717) is 29.8 Å². The minimum absolute atomic E-state index is 0.0237. The fourth-order valence-electron chi connectivity index (χ4n) is 6.08. The largest absolute Gasteiger partial charge is 0.448 e. The van der Waals surface area contributed by atoms with Crippen molar-refractivity contribution in [3.05, 3.63) is 119 Å². The van der Waals surface area contributed by atoms with E-state index in [4.69, 9.17) is 15.2 Å². The number of rotatable bonds is 9. The number of carbonyl (C=O) groups excluding carboxylic acids is 5. The Labute approximate surface area is 293 Å². The summed E-state index contributed by atoms with van der Waals surface area (Å²) in [5.74, 6) is -1.73. The number of hydrogen-bond donors (Lipinski definition) is 2. The van der Waals surface area contributed by atoms with Crippen LogP contribution in [0.1, 0.15) is 44.4 Å². The Balaban J connectivity index is 1.34. The summed E-state index contributed by atoms with van der Waals surface area (Å²) in [6.45, 7) is 5.53. The third kappa shape index (κ3) is 7.42. The Kier molecular flexibility index (Phi) is 9.78. The van der Waals surface area contributed by atoms with Crippen LogP contribution in [0.2, 0.25) is 0 Å². The van der Waals surface area contributed by atoms with Crippen LogP contribution >= 0.6 is 11.8 Å². The molecule has 3 N–H and O–H groups in total. The average Bonchev–Trinajstić information content (AvgIpc) is 3.44. The van der Waals surface area contributed by atoms with E-state index in [1.165, 1.54) is 16.7 Å². The molecule has 4 amide bonds. The van der Waals surface area contributed by atoms with E-state index in [2.05, 4.69) is 5.32 Å². The molecule has 2 aromatic carbocycles. The molecule has 2 saturated heterocycles. The lowest BCUT2D eigenvalue weighted by atomic mass is 10.00. The fraction of sp³-hybridized carbons (Fsp3) is 0.297. The standard InChI is InChI=1S/C37H37N5O7S/c1-37(2,3)49-36(47)39-29-33(45)42-30(35(46)48-31(23-11-6-4-7-12-23)24-13-8-5-9-14-24)26(22-50-34(29)42)19-25-16-18-41(32(25)44)27-15-10-17-40(20-27)21-28(38)43/h4-15,17,19-20,29,31,34H,16,18,21-22H2,1-3H3,(H2-,38,39,43,47)/p+1/b25-19+/t29-,34-/m1/s1. The molecule has 0 saturated carbocycles. The Bertz CT molecular complexity index is 1850. The van der Waals surface area contributed by atoms with Gasteiger partial charge in [-0.3, -0.25) is 19.3 Å². The molecule has 0 aliphatic carbocycles. The maximum atomic E-state index is 14.3. The molecule has 2 atom stereocenters. The summed E-state index contributed by atoms with van der Waals surface area (Å²) in [6.07, 6.45) is 3.91. The number of esters is 1. The summed E-state index contributed by atoms with van der Waals surface area (Å²) >= 11 is 1.37. The zero-order valence-electron chi connectivity index (χ0n) is 27.9. The lowest BCUT2D eigenvalue weighted by Crippen LogP contribution is -2.70. The molecule has 3 aromatic rings. The Morgan fingerprint density at radius 2 is 1.68 bits per heavy atom. The number of alkyl carbamates (subject to hydrolysis) is 1. The van der Waals surface area contributed by atoms with Crippen LogP contribution in [0.5, 0.6) is 0 Å². The van der Waals surface area contributed by atoms with Crippen LogP contribution in [0.25, 0.3) is 0 Å². The lowest BCUT2D eigenvalue weighted by Gasteiger charge is -2.49. The molecule has 0 spiro atoms. The molecule has 6 rings (SSSR count). The normalized spacial score (nSPS) is 19.7. The monoisotopic (exact) mass is 696 g/mol. The average molecular weight is 697 g/mol. The van der Waals surface area contributed by atoms with Crippen molar-refractivity contribution in [3.8, 4) is 0 Å². The smallest absolute Gasteiger partial charge is 0.408 e. The highest BCUT2D eigenvalue weighted by atomic mass is 32.2. The van der Waals surface area contributed by atoms with E-state index in [1.54, 1.807) is 60.8 Å². The van der Waals surface area contributed by atoms with Crippen LogP contribution in [0.4, 0.5) is 10.5 Å². The number of amides is 4.